The summed E-state index contributed by atoms with van der Waals surface area (Å²) in [4.78, 5) is 20.7. The zero-order valence-electron chi connectivity index (χ0n) is 12.3. The molecule has 6 heteroatoms. The van der Waals surface area contributed by atoms with Crippen LogP contribution in [0.4, 0.5) is 5.13 Å². The molecule has 0 atom stereocenters. The molecule has 0 aliphatic heterocycles. The fraction of sp³-hybridized carbons (Fsp3) is 0.188. The minimum absolute atomic E-state index is 0.0639. The van der Waals surface area contributed by atoms with Gasteiger partial charge in [0, 0.05) is 17.0 Å². The zero-order chi connectivity index (χ0) is 15.5. The summed E-state index contributed by atoms with van der Waals surface area (Å²) in [5, 5.41) is 7.28. The number of aromatic nitrogens is 2. The van der Waals surface area contributed by atoms with Gasteiger partial charge in [-0.25, -0.2) is 9.97 Å². The molecule has 0 bridgehead atoms. The SMILES string of the molecule is Cc1cc2cccc(C)c2nc1SCC(=O)Nc1nccs1. The van der Waals surface area contributed by atoms with Crippen LogP contribution < -0.4 is 5.32 Å². The summed E-state index contributed by atoms with van der Waals surface area (Å²) in [6.07, 6.45) is 1.67. The molecule has 4 nitrogen and oxygen atoms in total. The monoisotopic (exact) mass is 329 g/mol. The van der Waals surface area contributed by atoms with Crippen LogP contribution in [0.3, 0.4) is 0 Å². The van der Waals surface area contributed by atoms with E-state index in [-0.39, 0.29) is 5.91 Å². The number of thiazole rings is 1. The maximum absolute atomic E-state index is 11.9. The lowest BCUT2D eigenvalue weighted by molar-refractivity contribution is -0.113. The standard InChI is InChI=1S/C16H15N3OS2/c1-10-4-3-5-12-8-11(2)15(19-14(10)12)22-9-13(20)18-16-17-6-7-21-16/h3-8H,9H2,1-2H3,(H,17,18,20). The number of thioether (sulfide) groups is 1. The van der Waals surface area contributed by atoms with Crippen molar-refractivity contribution in [2.75, 3.05) is 11.1 Å². The summed E-state index contributed by atoms with van der Waals surface area (Å²) in [6.45, 7) is 4.07. The Morgan fingerprint density at radius 1 is 1.32 bits per heavy atom. The third-order valence-corrected chi connectivity index (χ3v) is 4.99. The first kappa shape index (κ1) is 15.0. The van der Waals surface area contributed by atoms with Gasteiger partial charge in [0.25, 0.3) is 0 Å². The van der Waals surface area contributed by atoms with Crippen molar-refractivity contribution in [3.05, 3.63) is 47.0 Å². The number of pyridine rings is 1. The van der Waals surface area contributed by atoms with Crippen LogP contribution in [0.25, 0.3) is 10.9 Å². The van der Waals surface area contributed by atoms with Crippen molar-refractivity contribution >= 4 is 45.0 Å². The van der Waals surface area contributed by atoms with Gasteiger partial charge in [-0.15, -0.1) is 11.3 Å². The van der Waals surface area contributed by atoms with Crippen LogP contribution in [0.2, 0.25) is 0 Å². The fourth-order valence-corrected chi connectivity index (χ4v) is 3.48. The predicted molar refractivity (Wildman–Crippen MR) is 92.7 cm³/mol. The molecule has 0 saturated carbocycles. The second kappa shape index (κ2) is 6.46. The highest BCUT2D eigenvalue weighted by Crippen LogP contribution is 2.26. The highest BCUT2D eigenvalue weighted by Gasteiger charge is 2.09. The van der Waals surface area contributed by atoms with Crippen molar-refractivity contribution in [3.8, 4) is 0 Å². The number of benzene rings is 1. The van der Waals surface area contributed by atoms with Crippen LogP contribution in [0.15, 0.2) is 40.9 Å². The lowest BCUT2D eigenvalue weighted by atomic mass is 10.1. The molecular weight excluding hydrogens is 314 g/mol. The predicted octanol–water partition coefficient (Wildman–Crippen LogP) is 4.04. The summed E-state index contributed by atoms with van der Waals surface area (Å²) in [5.74, 6) is 0.260. The lowest BCUT2D eigenvalue weighted by Gasteiger charge is -2.08. The number of hydrogen-bond acceptors (Lipinski definition) is 5. The van der Waals surface area contributed by atoms with Crippen LogP contribution in [0.1, 0.15) is 11.1 Å². The number of carbonyl (C=O) groups excluding carboxylic acids is 1. The molecule has 1 N–H and O–H groups in total. The summed E-state index contributed by atoms with van der Waals surface area (Å²) in [6, 6.07) is 8.27. The van der Waals surface area contributed by atoms with E-state index in [0.717, 1.165) is 27.1 Å². The van der Waals surface area contributed by atoms with Gasteiger partial charge in [-0.2, -0.15) is 0 Å². The third-order valence-electron chi connectivity index (χ3n) is 3.21. The second-order valence-corrected chi connectivity index (χ2v) is 6.79. The van der Waals surface area contributed by atoms with E-state index in [2.05, 4.69) is 22.4 Å². The van der Waals surface area contributed by atoms with E-state index in [1.807, 2.05) is 31.4 Å². The molecule has 0 aliphatic carbocycles. The highest BCUT2D eigenvalue weighted by molar-refractivity contribution is 8.00. The molecular formula is C16H15N3OS2. The first-order valence-corrected chi connectivity index (χ1v) is 8.69. The minimum atomic E-state index is -0.0639. The van der Waals surface area contributed by atoms with Crippen LogP contribution >= 0.6 is 23.1 Å². The Morgan fingerprint density at radius 3 is 2.95 bits per heavy atom. The van der Waals surface area contributed by atoms with Gasteiger partial charge in [0.05, 0.1) is 11.3 Å². The summed E-state index contributed by atoms with van der Waals surface area (Å²) in [5.41, 5.74) is 3.23. The van der Waals surface area contributed by atoms with E-state index in [1.54, 1.807) is 6.20 Å². The van der Waals surface area contributed by atoms with E-state index in [4.69, 9.17) is 4.98 Å². The van der Waals surface area contributed by atoms with Gasteiger partial charge < -0.3 is 5.32 Å². The Kier molecular flexibility index (Phi) is 4.40. The van der Waals surface area contributed by atoms with Crippen LogP contribution in [-0.2, 0) is 4.79 Å². The summed E-state index contributed by atoms with van der Waals surface area (Å²) < 4.78 is 0. The summed E-state index contributed by atoms with van der Waals surface area (Å²) >= 11 is 2.87. The van der Waals surface area contributed by atoms with Crippen molar-refractivity contribution in [1.29, 1.82) is 0 Å². The molecule has 0 aliphatic rings. The van der Waals surface area contributed by atoms with Crippen molar-refractivity contribution in [2.24, 2.45) is 0 Å². The maximum Gasteiger partial charge on any atom is 0.236 e. The molecule has 22 heavy (non-hydrogen) atoms. The van der Waals surface area contributed by atoms with Gasteiger partial charge in [0.1, 0.15) is 5.03 Å². The second-order valence-electron chi connectivity index (χ2n) is 4.93. The van der Waals surface area contributed by atoms with Gasteiger partial charge in [0.2, 0.25) is 5.91 Å². The topological polar surface area (TPSA) is 54.9 Å². The summed E-state index contributed by atoms with van der Waals surface area (Å²) in [7, 11) is 0. The number of amides is 1. The highest BCUT2D eigenvalue weighted by atomic mass is 32.2. The number of anilines is 1. The van der Waals surface area contributed by atoms with E-state index < -0.39 is 0 Å². The van der Waals surface area contributed by atoms with Crippen molar-refractivity contribution < 1.29 is 4.79 Å². The molecule has 1 aromatic carbocycles. The van der Waals surface area contributed by atoms with E-state index in [1.165, 1.54) is 23.1 Å². The molecule has 0 fully saturated rings. The Labute approximate surface area is 137 Å². The molecule has 3 aromatic rings. The van der Waals surface area contributed by atoms with E-state index >= 15 is 0 Å². The number of rotatable bonds is 4. The number of aryl methyl sites for hydroxylation is 2. The minimum Gasteiger partial charge on any atom is -0.301 e. The normalized spacial score (nSPS) is 10.8. The van der Waals surface area contributed by atoms with Crippen molar-refractivity contribution in [1.82, 2.24) is 9.97 Å². The first-order chi connectivity index (χ1) is 10.6. The van der Waals surface area contributed by atoms with Crippen LogP contribution in [-0.4, -0.2) is 21.6 Å². The van der Waals surface area contributed by atoms with Crippen LogP contribution in [0.5, 0.6) is 0 Å². The number of carbonyl (C=O) groups is 1. The Morgan fingerprint density at radius 2 is 2.18 bits per heavy atom. The number of nitrogens with one attached hydrogen (secondary N) is 1. The molecule has 2 heterocycles. The van der Waals surface area contributed by atoms with E-state index in [0.29, 0.717) is 10.9 Å². The zero-order valence-corrected chi connectivity index (χ0v) is 13.9. The molecule has 0 unspecified atom stereocenters. The lowest BCUT2D eigenvalue weighted by Crippen LogP contribution is -2.14. The van der Waals surface area contributed by atoms with Crippen molar-refractivity contribution in [2.45, 2.75) is 18.9 Å². The van der Waals surface area contributed by atoms with Gasteiger partial charge in [-0.05, 0) is 31.0 Å². The molecule has 3 rings (SSSR count). The molecule has 2 aromatic heterocycles. The molecule has 0 saturated heterocycles. The number of nitrogens with zero attached hydrogens (tertiary/aromatic N) is 2. The maximum atomic E-state index is 11.9. The largest absolute Gasteiger partial charge is 0.301 e. The molecule has 112 valence electrons. The van der Waals surface area contributed by atoms with Crippen molar-refractivity contribution in [3.63, 3.8) is 0 Å². The Bertz CT molecular complexity index is 816. The molecule has 1 amide bonds. The smallest absolute Gasteiger partial charge is 0.236 e. The average molecular weight is 329 g/mol. The Hall–Kier alpha value is -1.92. The van der Waals surface area contributed by atoms with Gasteiger partial charge in [0.15, 0.2) is 5.13 Å². The quantitative estimate of drug-likeness (QED) is 0.734. The number of hydrogen-bond donors (Lipinski definition) is 1. The van der Waals surface area contributed by atoms with Gasteiger partial charge >= 0.3 is 0 Å². The first-order valence-electron chi connectivity index (χ1n) is 6.82. The van der Waals surface area contributed by atoms with E-state index in [9.17, 15) is 4.79 Å². The Balaban J connectivity index is 1.74. The molecule has 0 spiro atoms. The van der Waals surface area contributed by atoms with Gasteiger partial charge in [-0.1, -0.05) is 30.0 Å². The van der Waals surface area contributed by atoms with Gasteiger partial charge in [-0.3, -0.25) is 4.79 Å². The number of para-hydroxylation sites is 1. The molecule has 0 radical (unpaired) electrons. The van der Waals surface area contributed by atoms with Crippen LogP contribution in [0, 0.1) is 13.8 Å². The fourth-order valence-electron chi connectivity index (χ4n) is 2.16. The average Bonchev–Trinajstić information content (AvgIpc) is 2.98. The third kappa shape index (κ3) is 3.28. The number of fused-ring (bicyclic) bond motifs is 1.